The van der Waals surface area contributed by atoms with Crippen LogP contribution in [0, 0.1) is 5.92 Å². The van der Waals surface area contributed by atoms with Gasteiger partial charge in [-0.15, -0.1) is 0 Å². The number of nitrogens with zero attached hydrogens (tertiary/aromatic N) is 1. The number of carbonyl (C=O) groups excluding carboxylic acids is 1. The van der Waals surface area contributed by atoms with Crippen molar-refractivity contribution in [3.05, 3.63) is 65.7 Å². The Hall–Kier alpha value is -2.33. The number of likely N-dealkylation sites (tertiary alicyclic amines) is 1. The smallest absolute Gasteiger partial charge is 0.242 e. The normalized spacial score (nSPS) is 19.6. The quantitative estimate of drug-likeness (QED) is 0.674. The molecule has 1 heterocycles. The van der Waals surface area contributed by atoms with Gasteiger partial charge in [-0.25, -0.2) is 0 Å². The van der Waals surface area contributed by atoms with E-state index < -0.39 is 0 Å². The topological polar surface area (TPSA) is 41.6 Å². The molecule has 0 bridgehead atoms. The maximum absolute atomic E-state index is 13.5. The molecule has 0 aromatic heterocycles. The monoisotopic (exact) mass is 420 g/mol. The molecule has 166 valence electrons. The average molecular weight is 421 g/mol. The van der Waals surface area contributed by atoms with Gasteiger partial charge in [0.1, 0.15) is 11.8 Å². The molecule has 0 spiro atoms. The summed E-state index contributed by atoms with van der Waals surface area (Å²) in [6.07, 6.45) is 9.38. The molecule has 1 atom stereocenters. The summed E-state index contributed by atoms with van der Waals surface area (Å²) in [6, 6.07) is 18.9. The largest absolute Gasteiger partial charge is 0.497 e. The van der Waals surface area contributed by atoms with E-state index in [1.165, 1.54) is 24.8 Å². The van der Waals surface area contributed by atoms with E-state index in [-0.39, 0.29) is 11.9 Å². The lowest BCUT2D eigenvalue weighted by Crippen LogP contribution is -2.47. The molecule has 4 nitrogen and oxygen atoms in total. The Morgan fingerprint density at radius 1 is 0.968 bits per heavy atom. The van der Waals surface area contributed by atoms with Crippen molar-refractivity contribution in [3.63, 3.8) is 0 Å². The summed E-state index contributed by atoms with van der Waals surface area (Å²) in [5.41, 5.74) is 2.48. The molecule has 4 rings (SSSR count). The first kappa shape index (κ1) is 21.9. The van der Waals surface area contributed by atoms with Crippen molar-refractivity contribution in [1.29, 1.82) is 0 Å². The number of amides is 1. The molecule has 2 aliphatic rings. The van der Waals surface area contributed by atoms with Gasteiger partial charge >= 0.3 is 0 Å². The standard InChI is InChI=1S/C27H36N2O2/c1-31-25-14-12-23(13-15-25)26(27(30)28-24-10-6-3-7-11-24)29-18-16-22(17-19-29)20-21-8-4-2-5-9-21/h2,4-5,8-9,12-15,22,24,26H,3,6-7,10-11,16-20H2,1H3,(H,28,30)/t26-/m1/s1. The maximum atomic E-state index is 13.5. The van der Waals surface area contributed by atoms with Gasteiger partial charge in [-0.2, -0.15) is 0 Å². The Kier molecular flexibility index (Phi) is 7.63. The van der Waals surface area contributed by atoms with Crippen LogP contribution in [-0.4, -0.2) is 37.0 Å². The van der Waals surface area contributed by atoms with Gasteiger partial charge in [0.25, 0.3) is 0 Å². The number of ether oxygens (including phenoxy) is 1. The van der Waals surface area contributed by atoms with Crippen molar-refractivity contribution in [2.24, 2.45) is 5.92 Å². The number of nitrogens with one attached hydrogen (secondary N) is 1. The van der Waals surface area contributed by atoms with Crippen molar-refractivity contribution < 1.29 is 9.53 Å². The fourth-order valence-electron chi connectivity index (χ4n) is 5.20. The molecule has 1 N–H and O–H groups in total. The zero-order chi connectivity index (χ0) is 21.5. The Morgan fingerprint density at radius 3 is 2.29 bits per heavy atom. The lowest BCUT2D eigenvalue weighted by atomic mass is 9.88. The highest BCUT2D eigenvalue weighted by Gasteiger charge is 2.32. The summed E-state index contributed by atoms with van der Waals surface area (Å²) in [6.45, 7) is 1.93. The van der Waals surface area contributed by atoms with Crippen LogP contribution in [-0.2, 0) is 11.2 Å². The molecule has 31 heavy (non-hydrogen) atoms. The Labute approximate surface area is 187 Å². The molecule has 2 aromatic carbocycles. The first-order valence-corrected chi connectivity index (χ1v) is 12.0. The van der Waals surface area contributed by atoms with E-state index in [0.29, 0.717) is 12.0 Å². The predicted octanol–water partition coefficient (Wildman–Crippen LogP) is 5.14. The first-order valence-electron chi connectivity index (χ1n) is 12.0. The van der Waals surface area contributed by atoms with Gasteiger partial charge in [-0.05, 0) is 74.4 Å². The van der Waals surface area contributed by atoms with Crippen LogP contribution in [0.15, 0.2) is 54.6 Å². The number of methoxy groups -OCH3 is 1. The fourth-order valence-corrected chi connectivity index (χ4v) is 5.20. The van der Waals surface area contributed by atoms with Gasteiger partial charge in [0.2, 0.25) is 5.91 Å². The molecule has 1 saturated carbocycles. The number of hydrogen-bond acceptors (Lipinski definition) is 3. The lowest BCUT2D eigenvalue weighted by Gasteiger charge is -2.38. The summed E-state index contributed by atoms with van der Waals surface area (Å²) in [5, 5.41) is 3.38. The van der Waals surface area contributed by atoms with Gasteiger partial charge in [-0.1, -0.05) is 61.7 Å². The van der Waals surface area contributed by atoms with Crippen molar-refractivity contribution >= 4 is 5.91 Å². The van der Waals surface area contributed by atoms with Crippen molar-refractivity contribution in [1.82, 2.24) is 10.2 Å². The molecule has 1 amide bonds. The third-order valence-electron chi connectivity index (χ3n) is 7.01. The SMILES string of the molecule is COc1ccc([C@H](C(=O)NC2CCCCC2)N2CCC(Cc3ccccc3)CC2)cc1. The third-order valence-corrected chi connectivity index (χ3v) is 7.01. The summed E-state index contributed by atoms with van der Waals surface area (Å²) in [7, 11) is 1.68. The highest BCUT2D eigenvalue weighted by atomic mass is 16.5. The van der Waals surface area contributed by atoms with Crippen LogP contribution in [0.4, 0.5) is 0 Å². The molecule has 0 unspecified atom stereocenters. The van der Waals surface area contributed by atoms with Crippen molar-refractivity contribution in [3.8, 4) is 5.75 Å². The highest BCUT2D eigenvalue weighted by Crippen LogP contribution is 2.30. The molecular weight excluding hydrogens is 384 g/mol. The van der Waals surface area contributed by atoms with Gasteiger partial charge in [0.15, 0.2) is 0 Å². The number of hydrogen-bond donors (Lipinski definition) is 1. The Balaban J connectivity index is 1.44. The number of piperidine rings is 1. The molecule has 1 saturated heterocycles. The van der Waals surface area contributed by atoms with Gasteiger partial charge in [0.05, 0.1) is 7.11 Å². The van der Waals surface area contributed by atoms with E-state index in [4.69, 9.17) is 4.74 Å². The van der Waals surface area contributed by atoms with Crippen LogP contribution >= 0.6 is 0 Å². The first-order chi connectivity index (χ1) is 15.2. The minimum Gasteiger partial charge on any atom is -0.497 e. The Morgan fingerprint density at radius 2 is 1.65 bits per heavy atom. The number of rotatable bonds is 7. The van der Waals surface area contributed by atoms with Crippen LogP contribution < -0.4 is 10.1 Å². The highest BCUT2D eigenvalue weighted by molar-refractivity contribution is 5.83. The second-order valence-corrected chi connectivity index (χ2v) is 9.19. The molecule has 1 aliphatic carbocycles. The second kappa shape index (κ2) is 10.8. The molecular formula is C27H36N2O2. The Bertz CT molecular complexity index is 807. The van der Waals surface area contributed by atoms with Gasteiger partial charge in [0, 0.05) is 6.04 Å². The van der Waals surface area contributed by atoms with E-state index in [1.54, 1.807) is 7.11 Å². The van der Waals surface area contributed by atoms with Crippen LogP contribution in [0.5, 0.6) is 5.75 Å². The summed E-state index contributed by atoms with van der Waals surface area (Å²) in [4.78, 5) is 15.8. The van der Waals surface area contributed by atoms with Crippen LogP contribution in [0.3, 0.4) is 0 Å². The van der Waals surface area contributed by atoms with E-state index in [0.717, 1.165) is 56.5 Å². The second-order valence-electron chi connectivity index (χ2n) is 9.19. The van der Waals surface area contributed by atoms with Crippen LogP contribution in [0.1, 0.15) is 62.1 Å². The van der Waals surface area contributed by atoms with Crippen LogP contribution in [0.25, 0.3) is 0 Å². The van der Waals surface area contributed by atoms with Crippen LogP contribution in [0.2, 0.25) is 0 Å². The van der Waals surface area contributed by atoms with Crippen molar-refractivity contribution in [2.45, 2.75) is 63.5 Å². The maximum Gasteiger partial charge on any atom is 0.242 e. The molecule has 1 aliphatic heterocycles. The van der Waals surface area contributed by atoms with Gasteiger partial charge < -0.3 is 10.1 Å². The zero-order valence-electron chi connectivity index (χ0n) is 18.8. The minimum absolute atomic E-state index is 0.165. The minimum atomic E-state index is -0.217. The predicted molar refractivity (Wildman–Crippen MR) is 125 cm³/mol. The van der Waals surface area contributed by atoms with E-state index >= 15 is 0 Å². The summed E-state index contributed by atoms with van der Waals surface area (Å²) < 4.78 is 5.33. The number of benzene rings is 2. The lowest BCUT2D eigenvalue weighted by molar-refractivity contribution is -0.128. The third kappa shape index (κ3) is 5.88. The molecule has 4 heteroatoms. The molecule has 0 radical (unpaired) electrons. The fraction of sp³-hybridized carbons (Fsp3) is 0.519. The summed E-state index contributed by atoms with van der Waals surface area (Å²) >= 11 is 0. The molecule has 2 fully saturated rings. The average Bonchev–Trinajstić information content (AvgIpc) is 2.82. The van der Waals surface area contributed by atoms with Gasteiger partial charge in [-0.3, -0.25) is 9.69 Å². The zero-order valence-corrected chi connectivity index (χ0v) is 18.8. The van der Waals surface area contributed by atoms with E-state index in [1.807, 2.05) is 12.1 Å². The summed E-state index contributed by atoms with van der Waals surface area (Å²) in [5.74, 6) is 1.69. The van der Waals surface area contributed by atoms with E-state index in [2.05, 4.69) is 52.7 Å². The van der Waals surface area contributed by atoms with Crippen molar-refractivity contribution in [2.75, 3.05) is 20.2 Å². The van der Waals surface area contributed by atoms with E-state index in [9.17, 15) is 4.79 Å². The molecule has 2 aromatic rings. The number of carbonyl (C=O) groups is 1.